The Kier molecular flexibility index (Phi) is 4.33. The highest BCUT2D eigenvalue weighted by Crippen LogP contribution is 2.32. The molecule has 3 rings (SSSR count). The van der Waals surface area contributed by atoms with Gasteiger partial charge in [-0.15, -0.1) is 0 Å². The lowest BCUT2D eigenvalue weighted by Crippen LogP contribution is -2.26. The number of ether oxygens (including phenoxy) is 2. The predicted molar refractivity (Wildman–Crippen MR) is 86.4 cm³/mol. The molecule has 1 heterocycles. The van der Waals surface area contributed by atoms with E-state index < -0.39 is 10.8 Å². The maximum Gasteiger partial charge on any atom is 0.285 e. The molecule has 7 heteroatoms. The minimum Gasteiger partial charge on any atom is -0.454 e. The summed E-state index contributed by atoms with van der Waals surface area (Å²) >= 11 is 0. The molecule has 0 fully saturated rings. The minimum atomic E-state index is -0.526. The normalized spacial score (nSPS) is 12.0. The molecule has 2 aromatic rings. The van der Waals surface area contributed by atoms with Crippen LogP contribution in [0.2, 0.25) is 0 Å². The van der Waals surface area contributed by atoms with E-state index in [1.54, 1.807) is 19.1 Å². The zero-order chi connectivity index (χ0) is 17.1. The number of nitro groups is 1. The molecule has 0 saturated carbocycles. The Bertz CT molecular complexity index is 804. The van der Waals surface area contributed by atoms with Gasteiger partial charge in [-0.25, -0.2) is 0 Å². The highest BCUT2D eigenvalue weighted by Gasteiger charge is 2.22. The molecule has 1 amide bonds. The van der Waals surface area contributed by atoms with Crippen LogP contribution in [0.4, 0.5) is 5.69 Å². The van der Waals surface area contributed by atoms with E-state index >= 15 is 0 Å². The van der Waals surface area contributed by atoms with Crippen LogP contribution in [0.3, 0.4) is 0 Å². The van der Waals surface area contributed by atoms with Gasteiger partial charge in [0, 0.05) is 12.1 Å². The molecule has 2 aromatic carbocycles. The summed E-state index contributed by atoms with van der Waals surface area (Å²) in [5, 5.41) is 13.9. The van der Waals surface area contributed by atoms with E-state index in [4.69, 9.17) is 9.47 Å². The lowest BCUT2D eigenvalue weighted by atomic mass is 10.1. The Labute approximate surface area is 138 Å². The van der Waals surface area contributed by atoms with Gasteiger partial charge in [0.1, 0.15) is 5.56 Å². The van der Waals surface area contributed by atoms with E-state index in [2.05, 4.69) is 5.32 Å². The minimum absolute atomic E-state index is 0.0747. The monoisotopic (exact) mass is 328 g/mol. The molecule has 0 unspecified atom stereocenters. The van der Waals surface area contributed by atoms with Crippen molar-refractivity contribution in [3.8, 4) is 11.5 Å². The van der Waals surface area contributed by atoms with Crippen molar-refractivity contribution in [2.75, 3.05) is 13.3 Å². The van der Waals surface area contributed by atoms with Crippen LogP contribution >= 0.6 is 0 Å². The predicted octanol–water partition coefficient (Wildman–Crippen LogP) is 2.60. The van der Waals surface area contributed by atoms with Crippen molar-refractivity contribution in [2.45, 2.75) is 13.3 Å². The molecule has 0 spiro atoms. The van der Waals surface area contributed by atoms with Crippen LogP contribution in [0.1, 0.15) is 21.5 Å². The van der Waals surface area contributed by atoms with E-state index in [0.29, 0.717) is 30.0 Å². The van der Waals surface area contributed by atoms with Crippen LogP contribution < -0.4 is 14.8 Å². The van der Waals surface area contributed by atoms with Crippen LogP contribution in [0.5, 0.6) is 11.5 Å². The Hall–Kier alpha value is -3.09. The molecule has 124 valence electrons. The van der Waals surface area contributed by atoms with Gasteiger partial charge in [-0.2, -0.15) is 0 Å². The Morgan fingerprint density at radius 1 is 1.25 bits per heavy atom. The average molecular weight is 328 g/mol. The van der Waals surface area contributed by atoms with Gasteiger partial charge in [0.2, 0.25) is 6.79 Å². The summed E-state index contributed by atoms with van der Waals surface area (Å²) in [6.45, 7) is 2.19. The molecule has 0 radical (unpaired) electrons. The summed E-state index contributed by atoms with van der Waals surface area (Å²) in [6, 6.07) is 10.3. The molecule has 24 heavy (non-hydrogen) atoms. The number of aryl methyl sites for hydroxylation is 1. The highest BCUT2D eigenvalue weighted by atomic mass is 16.7. The van der Waals surface area contributed by atoms with Crippen molar-refractivity contribution >= 4 is 11.6 Å². The first-order chi connectivity index (χ1) is 11.6. The summed E-state index contributed by atoms with van der Waals surface area (Å²) in [6.07, 6.45) is 0.585. The first-order valence-electron chi connectivity index (χ1n) is 7.47. The zero-order valence-corrected chi connectivity index (χ0v) is 13.1. The second kappa shape index (κ2) is 6.57. The van der Waals surface area contributed by atoms with Crippen LogP contribution in [-0.2, 0) is 6.42 Å². The van der Waals surface area contributed by atoms with Crippen molar-refractivity contribution in [1.82, 2.24) is 5.32 Å². The molecule has 0 saturated heterocycles. The SMILES string of the molecule is Cc1cccc(C(=O)NCCc2ccc3c(c2)OCO3)c1[N+](=O)[O-]. The molecule has 7 nitrogen and oxygen atoms in total. The molecular formula is C17H16N2O5. The molecule has 0 atom stereocenters. The third-order valence-electron chi connectivity index (χ3n) is 3.80. The summed E-state index contributed by atoms with van der Waals surface area (Å²) in [4.78, 5) is 22.9. The van der Waals surface area contributed by atoms with Crippen molar-refractivity contribution < 1.29 is 19.2 Å². The lowest BCUT2D eigenvalue weighted by molar-refractivity contribution is -0.385. The quantitative estimate of drug-likeness (QED) is 0.673. The fraction of sp³-hybridized carbons (Fsp3) is 0.235. The Balaban J connectivity index is 1.64. The van der Waals surface area contributed by atoms with Gasteiger partial charge in [-0.05, 0) is 37.1 Å². The number of amides is 1. The summed E-state index contributed by atoms with van der Waals surface area (Å²) in [5.41, 5.74) is 1.37. The van der Waals surface area contributed by atoms with Gasteiger partial charge < -0.3 is 14.8 Å². The number of nitrogens with zero attached hydrogens (tertiary/aromatic N) is 1. The first-order valence-corrected chi connectivity index (χ1v) is 7.47. The number of fused-ring (bicyclic) bond motifs is 1. The van der Waals surface area contributed by atoms with Gasteiger partial charge in [-0.1, -0.05) is 18.2 Å². The fourth-order valence-corrected chi connectivity index (χ4v) is 2.60. The largest absolute Gasteiger partial charge is 0.454 e. The Morgan fingerprint density at radius 3 is 2.83 bits per heavy atom. The number of benzene rings is 2. The number of rotatable bonds is 5. The molecular weight excluding hydrogens is 312 g/mol. The van der Waals surface area contributed by atoms with E-state index in [9.17, 15) is 14.9 Å². The summed E-state index contributed by atoms with van der Waals surface area (Å²) in [5.74, 6) is 0.942. The standard InChI is InChI=1S/C17H16N2O5/c1-11-3-2-4-13(16(11)19(21)22)17(20)18-8-7-12-5-6-14-15(9-12)24-10-23-14/h2-6,9H,7-8,10H2,1H3,(H,18,20). The van der Waals surface area contributed by atoms with Crippen LogP contribution in [-0.4, -0.2) is 24.2 Å². The third kappa shape index (κ3) is 3.15. The average Bonchev–Trinajstić information content (AvgIpc) is 3.01. The van der Waals surface area contributed by atoms with Gasteiger partial charge in [-0.3, -0.25) is 14.9 Å². The molecule has 1 N–H and O–H groups in total. The second-order valence-corrected chi connectivity index (χ2v) is 5.42. The van der Waals surface area contributed by atoms with E-state index in [1.807, 2.05) is 18.2 Å². The number of nitrogens with one attached hydrogen (secondary N) is 1. The van der Waals surface area contributed by atoms with Gasteiger partial charge in [0.15, 0.2) is 11.5 Å². The van der Waals surface area contributed by atoms with Crippen LogP contribution in [0.25, 0.3) is 0 Å². The number of carbonyl (C=O) groups is 1. The van der Waals surface area contributed by atoms with Crippen molar-refractivity contribution in [3.05, 3.63) is 63.2 Å². The number of para-hydroxylation sites is 1. The number of nitro benzene ring substituents is 1. The van der Waals surface area contributed by atoms with Crippen molar-refractivity contribution in [3.63, 3.8) is 0 Å². The lowest BCUT2D eigenvalue weighted by Gasteiger charge is -2.08. The maximum absolute atomic E-state index is 12.2. The number of hydrogen-bond donors (Lipinski definition) is 1. The maximum atomic E-state index is 12.2. The van der Waals surface area contributed by atoms with E-state index in [1.165, 1.54) is 6.07 Å². The van der Waals surface area contributed by atoms with Gasteiger partial charge in [0.25, 0.3) is 11.6 Å². The van der Waals surface area contributed by atoms with Crippen LogP contribution in [0, 0.1) is 17.0 Å². The van der Waals surface area contributed by atoms with Crippen molar-refractivity contribution in [1.29, 1.82) is 0 Å². The van der Waals surface area contributed by atoms with Crippen LogP contribution in [0.15, 0.2) is 36.4 Å². The van der Waals surface area contributed by atoms with E-state index in [0.717, 1.165) is 5.56 Å². The first kappa shape index (κ1) is 15.8. The Morgan fingerprint density at radius 2 is 2.04 bits per heavy atom. The molecule has 1 aliphatic rings. The topological polar surface area (TPSA) is 90.7 Å². The fourth-order valence-electron chi connectivity index (χ4n) is 2.60. The molecule has 0 aliphatic carbocycles. The summed E-state index contributed by atoms with van der Waals surface area (Å²) < 4.78 is 10.6. The second-order valence-electron chi connectivity index (χ2n) is 5.42. The third-order valence-corrected chi connectivity index (χ3v) is 3.80. The highest BCUT2D eigenvalue weighted by molar-refractivity contribution is 5.98. The smallest absolute Gasteiger partial charge is 0.285 e. The number of hydrogen-bond acceptors (Lipinski definition) is 5. The molecule has 1 aliphatic heterocycles. The molecule has 0 bridgehead atoms. The van der Waals surface area contributed by atoms with E-state index in [-0.39, 0.29) is 18.0 Å². The van der Waals surface area contributed by atoms with Crippen molar-refractivity contribution in [2.24, 2.45) is 0 Å². The number of carbonyl (C=O) groups excluding carboxylic acids is 1. The molecule has 0 aromatic heterocycles. The summed E-state index contributed by atoms with van der Waals surface area (Å²) in [7, 11) is 0. The zero-order valence-electron chi connectivity index (χ0n) is 13.1. The van der Waals surface area contributed by atoms with Gasteiger partial charge >= 0.3 is 0 Å². The van der Waals surface area contributed by atoms with Gasteiger partial charge in [0.05, 0.1) is 4.92 Å².